The third-order valence-corrected chi connectivity index (χ3v) is 3.78. The van der Waals surface area contributed by atoms with Crippen LogP contribution in [-0.4, -0.2) is 17.8 Å². The summed E-state index contributed by atoms with van der Waals surface area (Å²) in [6.45, 7) is 4.82. The van der Waals surface area contributed by atoms with E-state index in [-0.39, 0.29) is 6.10 Å². The molecule has 3 nitrogen and oxygen atoms in total. The largest absolute Gasteiger partial charge is 0.489 e. The highest BCUT2D eigenvalue weighted by molar-refractivity contribution is 6.35. The maximum atomic E-state index is 10.2. The minimum atomic E-state index is -0.569. The molecule has 2 aromatic carbocycles. The van der Waals surface area contributed by atoms with Crippen molar-refractivity contribution in [3.63, 3.8) is 0 Å². The number of hydrogen-bond donors (Lipinski definition) is 2. The summed E-state index contributed by atoms with van der Waals surface area (Å²) in [6, 6.07) is 13.0. The van der Waals surface area contributed by atoms with Crippen LogP contribution in [0.25, 0.3) is 0 Å². The Balaban J connectivity index is 2.02. The van der Waals surface area contributed by atoms with Crippen LogP contribution in [0.2, 0.25) is 10.0 Å². The van der Waals surface area contributed by atoms with E-state index in [1.54, 1.807) is 6.07 Å². The smallest absolute Gasteiger partial charge is 0.142 e. The van der Waals surface area contributed by atoms with Gasteiger partial charge < -0.3 is 15.2 Å². The molecule has 0 fully saturated rings. The lowest BCUT2D eigenvalue weighted by atomic mass is 10.1. The van der Waals surface area contributed by atoms with Crippen molar-refractivity contribution in [2.24, 2.45) is 0 Å². The molecule has 2 aromatic rings. The van der Waals surface area contributed by atoms with Crippen molar-refractivity contribution in [3.8, 4) is 5.75 Å². The molecule has 0 aromatic heterocycles. The minimum Gasteiger partial charge on any atom is -0.489 e. The van der Waals surface area contributed by atoms with Gasteiger partial charge in [0.25, 0.3) is 0 Å². The molecule has 0 aliphatic carbocycles. The third-order valence-electron chi connectivity index (χ3n) is 3.28. The van der Waals surface area contributed by atoms with Crippen LogP contribution in [0.1, 0.15) is 31.1 Å². The van der Waals surface area contributed by atoms with Gasteiger partial charge in [0.15, 0.2) is 0 Å². The van der Waals surface area contributed by atoms with Crippen molar-refractivity contribution in [1.82, 2.24) is 5.32 Å². The topological polar surface area (TPSA) is 41.5 Å². The fourth-order valence-corrected chi connectivity index (χ4v) is 2.83. The Morgan fingerprint density at radius 3 is 2.48 bits per heavy atom. The number of rotatable bonds is 7. The van der Waals surface area contributed by atoms with Gasteiger partial charge in [0.05, 0.1) is 17.2 Å². The molecule has 23 heavy (non-hydrogen) atoms. The first kappa shape index (κ1) is 18.1. The number of aliphatic hydroxyl groups excluding tert-OH is 1. The molecule has 1 unspecified atom stereocenters. The molecular weight excluding hydrogens is 333 g/mol. The lowest BCUT2D eigenvalue weighted by molar-refractivity contribution is 0.174. The molecule has 0 aliphatic rings. The molecule has 124 valence electrons. The molecule has 0 spiro atoms. The van der Waals surface area contributed by atoms with Crippen molar-refractivity contribution in [3.05, 3.63) is 63.6 Å². The van der Waals surface area contributed by atoms with Gasteiger partial charge >= 0.3 is 0 Å². The Morgan fingerprint density at radius 2 is 1.83 bits per heavy atom. The zero-order valence-corrected chi connectivity index (χ0v) is 14.7. The fourth-order valence-electron chi connectivity index (χ4n) is 2.25. The third kappa shape index (κ3) is 5.40. The molecule has 0 aliphatic heterocycles. The molecule has 0 amide bonds. The summed E-state index contributed by atoms with van der Waals surface area (Å²) in [4.78, 5) is 0. The van der Waals surface area contributed by atoms with Gasteiger partial charge in [-0.1, -0.05) is 53.5 Å². The van der Waals surface area contributed by atoms with Crippen LogP contribution in [0.4, 0.5) is 0 Å². The average molecular weight is 354 g/mol. The average Bonchev–Trinajstić information content (AvgIpc) is 2.51. The fraction of sp³-hybridized carbons (Fsp3) is 0.333. The molecule has 1 atom stereocenters. The van der Waals surface area contributed by atoms with Crippen LogP contribution in [0, 0.1) is 0 Å². The van der Waals surface area contributed by atoms with Gasteiger partial charge in [-0.3, -0.25) is 0 Å². The monoisotopic (exact) mass is 353 g/mol. The van der Waals surface area contributed by atoms with Gasteiger partial charge in [-0.25, -0.2) is 0 Å². The van der Waals surface area contributed by atoms with Crippen molar-refractivity contribution < 1.29 is 9.84 Å². The lowest BCUT2D eigenvalue weighted by Gasteiger charge is -2.18. The molecule has 0 saturated heterocycles. The predicted molar refractivity (Wildman–Crippen MR) is 95.3 cm³/mol. The molecule has 2 rings (SSSR count). The SMILES string of the molecule is CC(C)Oc1c(Cl)cc(Cl)cc1CNCC(O)c1ccccc1. The van der Waals surface area contributed by atoms with Gasteiger partial charge in [0.1, 0.15) is 5.75 Å². The van der Waals surface area contributed by atoms with Crippen LogP contribution < -0.4 is 10.1 Å². The summed E-state index contributed by atoms with van der Waals surface area (Å²) >= 11 is 12.3. The first-order chi connectivity index (χ1) is 11.0. The number of nitrogens with one attached hydrogen (secondary N) is 1. The van der Waals surface area contributed by atoms with Crippen molar-refractivity contribution >= 4 is 23.2 Å². The second-order valence-corrected chi connectivity index (χ2v) is 6.44. The van der Waals surface area contributed by atoms with E-state index >= 15 is 0 Å². The number of halogens is 2. The molecule has 0 radical (unpaired) electrons. The van der Waals surface area contributed by atoms with Crippen LogP contribution in [0.15, 0.2) is 42.5 Å². The van der Waals surface area contributed by atoms with E-state index in [2.05, 4.69) is 5.32 Å². The van der Waals surface area contributed by atoms with Gasteiger partial charge in [-0.2, -0.15) is 0 Å². The van der Waals surface area contributed by atoms with E-state index in [4.69, 9.17) is 27.9 Å². The highest BCUT2D eigenvalue weighted by Gasteiger charge is 2.13. The van der Waals surface area contributed by atoms with Gasteiger partial charge in [0.2, 0.25) is 0 Å². The Labute approximate surface area is 147 Å². The highest BCUT2D eigenvalue weighted by Crippen LogP contribution is 2.33. The van der Waals surface area contributed by atoms with Gasteiger partial charge in [0, 0.05) is 23.7 Å². The van der Waals surface area contributed by atoms with E-state index in [9.17, 15) is 5.11 Å². The lowest BCUT2D eigenvalue weighted by Crippen LogP contribution is -2.22. The van der Waals surface area contributed by atoms with Crippen LogP contribution in [0.5, 0.6) is 5.75 Å². The summed E-state index contributed by atoms with van der Waals surface area (Å²) in [5.74, 6) is 0.632. The number of hydrogen-bond acceptors (Lipinski definition) is 3. The standard InChI is InChI=1S/C18H21Cl2NO2/c1-12(2)23-18-14(8-15(19)9-16(18)20)10-21-11-17(22)13-6-4-3-5-7-13/h3-9,12,17,21-22H,10-11H2,1-2H3. The van der Waals surface area contributed by atoms with Crippen LogP contribution in [-0.2, 0) is 6.54 Å². The van der Waals surface area contributed by atoms with Crippen molar-refractivity contribution in [2.75, 3.05) is 6.54 Å². The Kier molecular flexibility index (Phi) is 6.72. The summed E-state index contributed by atoms with van der Waals surface area (Å²) < 4.78 is 5.78. The van der Waals surface area contributed by atoms with Gasteiger partial charge in [-0.05, 0) is 31.5 Å². The Morgan fingerprint density at radius 1 is 1.13 bits per heavy atom. The second-order valence-electron chi connectivity index (χ2n) is 5.60. The summed E-state index contributed by atoms with van der Waals surface area (Å²) in [5, 5.41) is 14.5. The first-order valence-electron chi connectivity index (χ1n) is 7.55. The van der Waals surface area contributed by atoms with E-state index in [0.29, 0.717) is 28.9 Å². The Bertz CT molecular complexity index is 632. The van der Waals surface area contributed by atoms with Gasteiger partial charge in [-0.15, -0.1) is 0 Å². The maximum Gasteiger partial charge on any atom is 0.142 e. The number of ether oxygens (including phenoxy) is 1. The van der Waals surface area contributed by atoms with Crippen molar-refractivity contribution in [2.45, 2.75) is 32.6 Å². The summed E-state index contributed by atoms with van der Waals surface area (Å²) in [7, 11) is 0. The van der Waals surface area contributed by atoms with E-state index < -0.39 is 6.10 Å². The molecule has 5 heteroatoms. The zero-order valence-electron chi connectivity index (χ0n) is 13.2. The molecular formula is C18H21Cl2NO2. The number of aliphatic hydroxyl groups is 1. The van der Waals surface area contributed by atoms with Crippen molar-refractivity contribution in [1.29, 1.82) is 0 Å². The number of benzene rings is 2. The first-order valence-corrected chi connectivity index (χ1v) is 8.31. The van der Waals surface area contributed by atoms with E-state index in [0.717, 1.165) is 11.1 Å². The quantitative estimate of drug-likeness (QED) is 0.763. The molecule has 0 heterocycles. The molecule has 0 bridgehead atoms. The summed E-state index contributed by atoms with van der Waals surface area (Å²) in [5.41, 5.74) is 1.75. The minimum absolute atomic E-state index is 0.0161. The normalized spacial score (nSPS) is 12.4. The van der Waals surface area contributed by atoms with Crippen LogP contribution >= 0.6 is 23.2 Å². The molecule has 0 saturated carbocycles. The molecule has 2 N–H and O–H groups in total. The highest BCUT2D eigenvalue weighted by atomic mass is 35.5. The van der Waals surface area contributed by atoms with Crippen LogP contribution in [0.3, 0.4) is 0 Å². The Hall–Kier alpha value is -1.26. The summed E-state index contributed by atoms with van der Waals surface area (Å²) in [6.07, 6.45) is -0.553. The van der Waals surface area contributed by atoms with E-state index in [1.165, 1.54) is 0 Å². The zero-order chi connectivity index (χ0) is 16.8. The predicted octanol–water partition coefficient (Wildman–Crippen LogP) is 4.60. The van der Waals surface area contributed by atoms with E-state index in [1.807, 2.05) is 50.2 Å². The second kappa shape index (κ2) is 8.55. The maximum absolute atomic E-state index is 10.2.